The standard InChI is InChI=1S/C18H20ClF3N4O2/c1-11(2)9-26-7-6-23-16(17(26)28)25(3)10-15(27)24-12-4-5-14(19)13(8-12)18(20,21)22/h4-8,11H,9-10H2,1-3H3,(H,24,27). The zero-order valence-corrected chi connectivity index (χ0v) is 16.3. The minimum atomic E-state index is -4.63. The van der Waals surface area contributed by atoms with Crippen LogP contribution in [0.15, 0.2) is 35.4 Å². The van der Waals surface area contributed by atoms with Crippen LogP contribution in [0.3, 0.4) is 0 Å². The average Bonchev–Trinajstić information content (AvgIpc) is 2.57. The van der Waals surface area contributed by atoms with E-state index in [0.29, 0.717) is 6.54 Å². The van der Waals surface area contributed by atoms with Gasteiger partial charge in [0.05, 0.1) is 17.1 Å². The van der Waals surface area contributed by atoms with Crippen LogP contribution in [0.1, 0.15) is 19.4 Å². The fraction of sp³-hybridized carbons (Fsp3) is 0.389. The average molecular weight is 417 g/mol. The predicted octanol–water partition coefficient (Wildman–Crippen LogP) is 3.65. The molecule has 1 N–H and O–H groups in total. The number of halogens is 4. The van der Waals surface area contributed by atoms with Crippen LogP contribution in [0, 0.1) is 5.92 Å². The number of likely N-dealkylation sites (N-methyl/N-ethyl adjacent to an activating group) is 1. The Morgan fingerprint density at radius 3 is 2.64 bits per heavy atom. The highest BCUT2D eigenvalue weighted by molar-refractivity contribution is 6.31. The third kappa shape index (κ3) is 5.48. The zero-order chi connectivity index (χ0) is 21.1. The molecule has 1 amide bonds. The van der Waals surface area contributed by atoms with E-state index < -0.39 is 22.7 Å². The van der Waals surface area contributed by atoms with E-state index >= 15 is 0 Å². The third-order valence-corrected chi connectivity index (χ3v) is 4.08. The molecule has 0 saturated heterocycles. The minimum Gasteiger partial charge on any atom is -0.346 e. The van der Waals surface area contributed by atoms with E-state index in [-0.39, 0.29) is 29.5 Å². The maximum atomic E-state index is 12.9. The van der Waals surface area contributed by atoms with Gasteiger partial charge in [-0.3, -0.25) is 9.59 Å². The number of benzene rings is 1. The number of hydrogen-bond acceptors (Lipinski definition) is 4. The second kappa shape index (κ2) is 8.64. The molecule has 0 radical (unpaired) electrons. The molecule has 1 aromatic heterocycles. The quantitative estimate of drug-likeness (QED) is 0.780. The summed E-state index contributed by atoms with van der Waals surface area (Å²) >= 11 is 5.56. The number of rotatable bonds is 6. The Hall–Kier alpha value is -2.55. The van der Waals surface area contributed by atoms with Gasteiger partial charge >= 0.3 is 6.18 Å². The van der Waals surface area contributed by atoms with Crippen molar-refractivity contribution in [3.8, 4) is 0 Å². The topological polar surface area (TPSA) is 67.2 Å². The molecule has 0 spiro atoms. The summed E-state index contributed by atoms with van der Waals surface area (Å²) in [4.78, 5) is 30.0. The lowest BCUT2D eigenvalue weighted by molar-refractivity contribution is -0.137. The molecule has 0 fully saturated rings. The number of hydrogen-bond donors (Lipinski definition) is 1. The van der Waals surface area contributed by atoms with Crippen molar-refractivity contribution in [1.29, 1.82) is 0 Å². The van der Waals surface area contributed by atoms with Crippen molar-refractivity contribution in [1.82, 2.24) is 9.55 Å². The molecule has 2 rings (SSSR count). The second-order valence-corrected chi connectivity index (χ2v) is 7.11. The lowest BCUT2D eigenvalue weighted by Crippen LogP contribution is -2.36. The highest BCUT2D eigenvalue weighted by Crippen LogP contribution is 2.36. The highest BCUT2D eigenvalue weighted by Gasteiger charge is 2.33. The minimum absolute atomic E-state index is 0.0478. The lowest BCUT2D eigenvalue weighted by Gasteiger charge is -2.19. The molecule has 152 valence electrons. The number of carbonyl (C=O) groups excluding carboxylic acids is 1. The van der Waals surface area contributed by atoms with Crippen molar-refractivity contribution in [3.63, 3.8) is 0 Å². The largest absolute Gasteiger partial charge is 0.417 e. The summed E-state index contributed by atoms with van der Waals surface area (Å²) in [6.45, 7) is 4.16. The van der Waals surface area contributed by atoms with Gasteiger partial charge in [-0.05, 0) is 24.1 Å². The Kier molecular flexibility index (Phi) is 6.71. The number of carbonyl (C=O) groups is 1. The third-order valence-electron chi connectivity index (χ3n) is 3.76. The van der Waals surface area contributed by atoms with Gasteiger partial charge in [-0.1, -0.05) is 25.4 Å². The molecule has 0 saturated carbocycles. The van der Waals surface area contributed by atoms with Gasteiger partial charge in [0.25, 0.3) is 5.56 Å². The molecule has 0 aliphatic carbocycles. The van der Waals surface area contributed by atoms with Gasteiger partial charge in [-0.2, -0.15) is 13.2 Å². The molecule has 1 aromatic carbocycles. The summed E-state index contributed by atoms with van der Waals surface area (Å²) in [6, 6.07) is 3.09. The van der Waals surface area contributed by atoms with E-state index in [1.807, 2.05) is 13.8 Å². The Balaban J connectivity index is 2.13. The van der Waals surface area contributed by atoms with E-state index in [1.165, 1.54) is 28.8 Å². The number of amides is 1. The Bertz CT molecular complexity index is 912. The van der Waals surface area contributed by atoms with Gasteiger partial charge in [-0.15, -0.1) is 0 Å². The van der Waals surface area contributed by atoms with E-state index in [0.717, 1.165) is 12.1 Å². The molecule has 0 bridgehead atoms. The first-order valence-corrected chi connectivity index (χ1v) is 8.80. The van der Waals surface area contributed by atoms with E-state index in [1.54, 1.807) is 6.20 Å². The van der Waals surface area contributed by atoms with Gasteiger partial charge in [0.15, 0.2) is 5.82 Å². The van der Waals surface area contributed by atoms with Crippen LogP contribution >= 0.6 is 11.6 Å². The molecule has 0 aliphatic heterocycles. The number of alkyl halides is 3. The van der Waals surface area contributed by atoms with Crippen molar-refractivity contribution in [3.05, 3.63) is 51.5 Å². The first-order chi connectivity index (χ1) is 13.0. The molecule has 28 heavy (non-hydrogen) atoms. The summed E-state index contributed by atoms with van der Waals surface area (Å²) in [7, 11) is 1.51. The second-order valence-electron chi connectivity index (χ2n) is 6.70. The molecular weight excluding hydrogens is 397 g/mol. The first kappa shape index (κ1) is 21.7. The molecule has 10 heteroatoms. The summed E-state index contributed by atoms with van der Waals surface area (Å²) < 4.78 is 40.3. The highest BCUT2D eigenvalue weighted by atomic mass is 35.5. The maximum absolute atomic E-state index is 12.9. The Labute approximate surface area is 164 Å². The Morgan fingerprint density at radius 2 is 2.04 bits per heavy atom. The van der Waals surface area contributed by atoms with Crippen LogP contribution in [0.5, 0.6) is 0 Å². The van der Waals surface area contributed by atoms with Crippen LogP contribution in [0.4, 0.5) is 24.7 Å². The SMILES string of the molecule is CC(C)Cn1ccnc(N(C)CC(=O)Nc2ccc(Cl)c(C(F)(F)F)c2)c1=O. The normalized spacial score (nSPS) is 11.6. The van der Waals surface area contributed by atoms with Crippen LogP contribution in [-0.2, 0) is 17.5 Å². The van der Waals surface area contributed by atoms with Crippen LogP contribution < -0.4 is 15.8 Å². The van der Waals surface area contributed by atoms with Crippen molar-refractivity contribution in [2.75, 3.05) is 23.8 Å². The van der Waals surface area contributed by atoms with Crippen LogP contribution in [0.25, 0.3) is 0 Å². The molecule has 0 atom stereocenters. The number of nitrogens with one attached hydrogen (secondary N) is 1. The smallest absolute Gasteiger partial charge is 0.346 e. The molecule has 1 heterocycles. The molecule has 6 nitrogen and oxygen atoms in total. The number of nitrogens with zero attached hydrogens (tertiary/aromatic N) is 3. The molecule has 2 aromatic rings. The van der Waals surface area contributed by atoms with Crippen molar-refractivity contribution in [2.24, 2.45) is 5.92 Å². The van der Waals surface area contributed by atoms with Gasteiger partial charge in [0.2, 0.25) is 5.91 Å². The lowest BCUT2D eigenvalue weighted by atomic mass is 10.2. The summed E-state index contributed by atoms with van der Waals surface area (Å²) in [5, 5.41) is 1.92. The first-order valence-electron chi connectivity index (χ1n) is 8.42. The zero-order valence-electron chi connectivity index (χ0n) is 15.5. The van der Waals surface area contributed by atoms with E-state index in [9.17, 15) is 22.8 Å². The number of anilines is 2. The predicted molar refractivity (Wildman–Crippen MR) is 102 cm³/mol. The summed E-state index contributed by atoms with van der Waals surface area (Å²) in [6.07, 6.45) is -1.61. The summed E-state index contributed by atoms with van der Waals surface area (Å²) in [5.41, 5.74) is -1.44. The van der Waals surface area contributed by atoms with E-state index in [2.05, 4.69) is 10.3 Å². The molecule has 0 aliphatic rings. The monoisotopic (exact) mass is 416 g/mol. The maximum Gasteiger partial charge on any atom is 0.417 e. The molecular formula is C18H20ClF3N4O2. The van der Waals surface area contributed by atoms with Gasteiger partial charge in [0.1, 0.15) is 0 Å². The van der Waals surface area contributed by atoms with Gasteiger partial charge in [-0.25, -0.2) is 4.98 Å². The number of aromatic nitrogens is 2. The fourth-order valence-corrected chi connectivity index (χ4v) is 2.77. The van der Waals surface area contributed by atoms with Crippen LogP contribution in [0.2, 0.25) is 5.02 Å². The van der Waals surface area contributed by atoms with Gasteiger partial charge in [0, 0.05) is 31.7 Å². The van der Waals surface area contributed by atoms with Crippen molar-refractivity contribution >= 4 is 29.0 Å². The van der Waals surface area contributed by atoms with E-state index in [4.69, 9.17) is 11.6 Å². The molecule has 0 unspecified atom stereocenters. The van der Waals surface area contributed by atoms with Gasteiger partial charge < -0.3 is 14.8 Å². The van der Waals surface area contributed by atoms with Crippen LogP contribution in [-0.4, -0.2) is 29.1 Å². The Morgan fingerprint density at radius 1 is 1.36 bits per heavy atom. The fourth-order valence-electron chi connectivity index (χ4n) is 2.55. The van der Waals surface area contributed by atoms with Crippen molar-refractivity contribution in [2.45, 2.75) is 26.6 Å². The van der Waals surface area contributed by atoms with Crippen molar-refractivity contribution < 1.29 is 18.0 Å². The summed E-state index contributed by atoms with van der Waals surface area (Å²) in [5.74, 6) is -0.280.